The highest BCUT2D eigenvalue weighted by atomic mass is 19.1. The molecule has 0 radical (unpaired) electrons. The molecule has 16 heavy (non-hydrogen) atoms. The topological polar surface area (TPSA) is 21.3 Å². The molecule has 1 fully saturated rings. The molecule has 1 N–H and O–H groups in total. The third kappa shape index (κ3) is 2.19. The Kier molecular flexibility index (Phi) is 3.44. The molecule has 1 saturated heterocycles. The first-order chi connectivity index (χ1) is 7.72. The van der Waals surface area contributed by atoms with Crippen LogP contribution in [0.15, 0.2) is 18.2 Å². The summed E-state index contributed by atoms with van der Waals surface area (Å²) in [5.41, 5.74) is 0.728. The smallest absolute Gasteiger partial charge is 0.169 e. The van der Waals surface area contributed by atoms with Gasteiger partial charge < -0.3 is 10.1 Å². The third-order valence-corrected chi connectivity index (χ3v) is 3.25. The summed E-state index contributed by atoms with van der Waals surface area (Å²) in [4.78, 5) is 0. The molecule has 3 heteroatoms. The summed E-state index contributed by atoms with van der Waals surface area (Å²) in [6.45, 7) is 3.18. The molecule has 88 valence electrons. The first-order valence-corrected chi connectivity index (χ1v) is 5.78. The van der Waals surface area contributed by atoms with Crippen LogP contribution in [0.3, 0.4) is 0 Å². The molecule has 0 spiro atoms. The molecule has 1 aliphatic heterocycles. The summed E-state index contributed by atoms with van der Waals surface area (Å²) < 4.78 is 19.0. The average molecular weight is 223 g/mol. The highest BCUT2D eigenvalue weighted by Crippen LogP contribution is 2.31. The zero-order valence-electron chi connectivity index (χ0n) is 9.79. The van der Waals surface area contributed by atoms with E-state index in [1.54, 1.807) is 6.07 Å². The Labute approximate surface area is 95.8 Å². The van der Waals surface area contributed by atoms with E-state index in [9.17, 15) is 4.39 Å². The Morgan fingerprint density at radius 2 is 2.25 bits per heavy atom. The van der Waals surface area contributed by atoms with E-state index in [-0.39, 0.29) is 11.9 Å². The molecule has 1 aromatic carbocycles. The van der Waals surface area contributed by atoms with Crippen molar-refractivity contribution in [3.8, 4) is 5.75 Å². The molecule has 2 nitrogen and oxygen atoms in total. The first-order valence-electron chi connectivity index (χ1n) is 5.78. The summed E-state index contributed by atoms with van der Waals surface area (Å²) >= 11 is 0. The number of benzene rings is 1. The van der Waals surface area contributed by atoms with Crippen molar-refractivity contribution < 1.29 is 9.13 Å². The molecule has 0 amide bonds. The van der Waals surface area contributed by atoms with Crippen molar-refractivity contribution in [1.82, 2.24) is 5.32 Å². The van der Waals surface area contributed by atoms with Crippen LogP contribution < -0.4 is 10.1 Å². The summed E-state index contributed by atoms with van der Waals surface area (Å²) in [6, 6.07) is 5.47. The molecule has 2 rings (SSSR count). The van der Waals surface area contributed by atoms with Crippen molar-refractivity contribution in [2.75, 3.05) is 13.7 Å². The fourth-order valence-electron chi connectivity index (χ4n) is 2.30. The van der Waals surface area contributed by atoms with Crippen molar-refractivity contribution in [1.29, 1.82) is 0 Å². The van der Waals surface area contributed by atoms with Crippen LogP contribution in [0.2, 0.25) is 0 Å². The second kappa shape index (κ2) is 4.83. The van der Waals surface area contributed by atoms with Gasteiger partial charge in [0.15, 0.2) is 11.6 Å². The van der Waals surface area contributed by atoms with Gasteiger partial charge in [0.2, 0.25) is 0 Å². The zero-order valence-corrected chi connectivity index (χ0v) is 9.79. The number of methoxy groups -OCH3 is 1. The number of hydrogen-bond acceptors (Lipinski definition) is 2. The quantitative estimate of drug-likeness (QED) is 0.832. The molecule has 1 aromatic rings. The molecule has 1 aliphatic rings. The molecule has 0 bridgehead atoms. The van der Waals surface area contributed by atoms with Crippen molar-refractivity contribution >= 4 is 0 Å². The van der Waals surface area contributed by atoms with E-state index in [4.69, 9.17) is 4.74 Å². The molecule has 1 heterocycles. The molecular formula is C13H18FNO. The number of piperidine rings is 1. The van der Waals surface area contributed by atoms with E-state index < -0.39 is 0 Å². The highest BCUT2D eigenvalue weighted by molar-refractivity contribution is 5.33. The van der Waals surface area contributed by atoms with Gasteiger partial charge in [-0.3, -0.25) is 0 Å². The van der Waals surface area contributed by atoms with Gasteiger partial charge in [0.05, 0.1) is 7.11 Å². The predicted molar refractivity (Wildman–Crippen MR) is 62.1 cm³/mol. The minimum absolute atomic E-state index is 0.124. The van der Waals surface area contributed by atoms with Crippen molar-refractivity contribution in [3.63, 3.8) is 0 Å². The average Bonchev–Trinajstić information content (AvgIpc) is 2.29. The van der Waals surface area contributed by atoms with Crippen LogP contribution in [-0.2, 0) is 0 Å². The lowest BCUT2D eigenvalue weighted by Crippen LogP contribution is -2.31. The van der Waals surface area contributed by atoms with Crippen LogP contribution in [-0.4, -0.2) is 13.7 Å². The summed E-state index contributed by atoms with van der Waals surface area (Å²) in [7, 11) is 1.50. The van der Waals surface area contributed by atoms with E-state index in [1.807, 2.05) is 12.1 Å². The van der Waals surface area contributed by atoms with E-state index in [0.717, 1.165) is 18.5 Å². The number of ether oxygens (including phenoxy) is 1. The maximum absolute atomic E-state index is 14.0. The summed E-state index contributed by atoms with van der Waals surface area (Å²) in [6.07, 6.45) is 2.16. The Bertz CT molecular complexity index is 367. The van der Waals surface area contributed by atoms with Crippen LogP contribution in [0.1, 0.15) is 31.4 Å². The maximum atomic E-state index is 14.0. The van der Waals surface area contributed by atoms with Gasteiger partial charge in [-0.05, 0) is 31.4 Å². The van der Waals surface area contributed by atoms with Crippen molar-refractivity contribution in [2.45, 2.75) is 25.8 Å². The molecule has 0 aliphatic carbocycles. The fourth-order valence-corrected chi connectivity index (χ4v) is 2.30. The van der Waals surface area contributed by atoms with Crippen LogP contribution in [0.4, 0.5) is 4.39 Å². The minimum Gasteiger partial charge on any atom is -0.494 e. The largest absolute Gasteiger partial charge is 0.494 e. The van der Waals surface area contributed by atoms with Crippen LogP contribution >= 0.6 is 0 Å². The predicted octanol–water partition coefficient (Wildman–Crippen LogP) is 2.89. The van der Waals surface area contributed by atoms with Gasteiger partial charge in [-0.1, -0.05) is 19.1 Å². The first kappa shape index (κ1) is 11.4. The SMILES string of the molecule is COc1cccc(C2CC(C)CCN2)c1F. The van der Waals surface area contributed by atoms with E-state index in [1.165, 1.54) is 13.5 Å². The van der Waals surface area contributed by atoms with Crippen LogP contribution in [0.25, 0.3) is 0 Å². The van der Waals surface area contributed by atoms with E-state index in [2.05, 4.69) is 12.2 Å². The Balaban J connectivity index is 2.25. The van der Waals surface area contributed by atoms with Gasteiger partial charge in [-0.25, -0.2) is 4.39 Å². The summed E-state index contributed by atoms with van der Waals surface area (Å²) in [5.74, 6) is 0.756. The number of halogens is 1. The normalized spacial score (nSPS) is 25.4. The third-order valence-electron chi connectivity index (χ3n) is 3.25. The second-order valence-electron chi connectivity index (χ2n) is 4.50. The zero-order chi connectivity index (χ0) is 11.5. The summed E-state index contributed by atoms with van der Waals surface area (Å²) in [5, 5.41) is 3.36. The minimum atomic E-state index is -0.225. The molecule has 0 aromatic heterocycles. The van der Waals surface area contributed by atoms with Gasteiger partial charge in [0.1, 0.15) is 0 Å². The van der Waals surface area contributed by atoms with Gasteiger partial charge in [0.25, 0.3) is 0 Å². The monoisotopic (exact) mass is 223 g/mol. The highest BCUT2D eigenvalue weighted by Gasteiger charge is 2.23. The number of rotatable bonds is 2. The standard InChI is InChI=1S/C13H18FNO/c1-9-6-7-15-11(8-9)10-4-3-5-12(16-2)13(10)14/h3-5,9,11,15H,6-8H2,1-2H3. The molecular weight excluding hydrogens is 205 g/mol. The van der Waals surface area contributed by atoms with Crippen molar-refractivity contribution in [3.05, 3.63) is 29.6 Å². The second-order valence-corrected chi connectivity index (χ2v) is 4.50. The number of hydrogen-bond donors (Lipinski definition) is 1. The molecule has 2 unspecified atom stereocenters. The van der Waals surface area contributed by atoms with Crippen LogP contribution in [0, 0.1) is 11.7 Å². The van der Waals surface area contributed by atoms with Gasteiger partial charge in [-0.2, -0.15) is 0 Å². The van der Waals surface area contributed by atoms with E-state index in [0.29, 0.717) is 11.7 Å². The van der Waals surface area contributed by atoms with Gasteiger partial charge in [0, 0.05) is 11.6 Å². The lowest BCUT2D eigenvalue weighted by Gasteiger charge is -2.29. The maximum Gasteiger partial charge on any atom is 0.169 e. The molecule has 0 saturated carbocycles. The lowest BCUT2D eigenvalue weighted by molar-refractivity contribution is 0.314. The Morgan fingerprint density at radius 1 is 1.44 bits per heavy atom. The van der Waals surface area contributed by atoms with E-state index >= 15 is 0 Å². The fraction of sp³-hybridized carbons (Fsp3) is 0.538. The van der Waals surface area contributed by atoms with Gasteiger partial charge >= 0.3 is 0 Å². The van der Waals surface area contributed by atoms with Crippen LogP contribution in [0.5, 0.6) is 5.75 Å². The Morgan fingerprint density at radius 3 is 2.94 bits per heavy atom. The number of nitrogens with one attached hydrogen (secondary N) is 1. The van der Waals surface area contributed by atoms with Crippen molar-refractivity contribution in [2.24, 2.45) is 5.92 Å². The lowest BCUT2D eigenvalue weighted by atomic mass is 9.90. The Hall–Kier alpha value is -1.09. The van der Waals surface area contributed by atoms with Gasteiger partial charge in [-0.15, -0.1) is 0 Å². The molecule has 2 atom stereocenters.